The van der Waals surface area contributed by atoms with Gasteiger partial charge >= 0.3 is 12.2 Å². The Morgan fingerprint density at radius 2 is 1.64 bits per heavy atom. The van der Waals surface area contributed by atoms with Gasteiger partial charge in [0.15, 0.2) is 5.84 Å². The molecule has 0 aromatic heterocycles. The first-order valence-corrected chi connectivity index (χ1v) is 9.76. The molecule has 28 heavy (non-hydrogen) atoms. The smallest absolute Gasteiger partial charge is 0.424 e. The van der Waals surface area contributed by atoms with E-state index >= 15 is 0 Å². The van der Waals surface area contributed by atoms with Crippen LogP contribution in [0.4, 0.5) is 9.59 Å². The maximum absolute atomic E-state index is 12.8. The molecule has 8 nitrogen and oxygen atoms in total. The van der Waals surface area contributed by atoms with Crippen molar-refractivity contribution in [1.82, 2.24) is 10.3 Å². The van der Waals surface area contributed by atoms with Crippen LogP contribution in [0, 0.1) is 0 Å². The third-order valence-electron chi connectivity index (χ3n) is 3.10. The summed E-state index contributed by atoms with van der Waals surface area (Å²) in [5.41, 5.74) is 1.92. The van der Waals surface area contributed by atoms with Crippen molar-refractivity contribution in [3.63, 3.8) is 0 Å². The molecule has 2 amide bonds. The zero-order valence-electron chi connectivity index (χ0n) is 17.7. The molecule has 9 heteroatoms. The average molecular weight is 457 g/mol. The Bertz CT molecular complexity index is 712. The number of hydrogen-bond acceptors (Lipinski definition) is 6. The lowest BCUT2D eigenvalue weighted by molar-refractivity contribution is 0.00832. The second-order valence-corrected chi connectivity index (χ2v) is 8.79. The van der Waals surface area contributed by atoms with Gasteiger partial charge in [0.2, 0.25) is 0 Å². The molecule has 0 bridgehead atoms. The second-order valence-electron chi connectivity index (χ2n) is 8.04. The van der Waals surface area contributed by atoms with Crippen molar-refractivity contribution < 1.29 is 19.1 Å². The number of nitrogens with zero attached hydrogens (tertiary/aromatic N) is 3. The molecular formula is C19H29BrN4O4. The largest absolute Gasteiger partial charge is 0.443 e. The van der Waals surface area contributed by atoms with E-state index in [-0.39, 0.29) is 5.70 Å². The number of rotatable bonds is 3. The highest BCUT2D eigenvalue weighted by atomic mass is 79.9. The molecule has 1 N–H and O–H groups in total. The summed E-state index contributed by atoms with van der Waals surface area (Å²) >= 11 is 3.34. The molecule has 1 aliphatic rings. The molecule has 1 rings (SSSR count). The number of imide groups is 1. The highest BCUT2D eigenvalue weighted by molar-refractivity contribution is 9.18. The van der Waals surface area contributed by atoms with Gasteiger partial charge in [-0.2, -0.15) is 10.0 Å². The lowest BCUT2D eigenvalue weighted by atomic mass is 10.2. The molecule has 0 saturated carbocycles. The number of aliphatic imine (C=N–C) groups is 1. The molecule has 0 unspecified atom stereocenters. The van der Waals surface area contributed by atoms with E-state index in [0.717, 1.165) is 11.3 Å². The molecule has 156 valence electrons. The van der Waals surface area contributed by atoms with Crippen LogP contribution in [0.15, 0.2) is 33.6 Å². The van der Waals surface area contributed by atoms with Crippen molar-refractivity contribution >= 4 is 38.6 Å². The van der Waals surface area contributed by atoms with Crippen molar-refractivity contribution in [2.45, 2.75) is 73.0 Å². The summed E-state index contributed by atoms with van der Waals surface area (Å²) in [6.45, 7) is 13.9. The Kier molecular flexibility index (Phi) is 7.98. The zero-order chi connectivity index (χ0) is 21.7. The minimum Gasteiger partial charge on any atom is -0.443 e. The molecule has 0 radical (unpaired) electrons. The molecule has 0 aromatic rings. The lowest BCUT2D eigenvalue weighted by Gasteiger charge is -2.29. The van der Waals surface area contributed by atoms with Crippen LogP contribution in [0.3, 0.4) is 0 Å². The van der Waals surface area contributed by atoms with E-state index in [9.17, 15) is 9.59 Å². The summed E-state index contributed by atoms with van der Waals surface area (Å²) in [6.07, 6.45) is 2.62. The van der Waals surface area contributed by atoms with Crippen molar-refractivity contribution in [3.8, 4) is 0 Å². The van der Waals surface area contributed by atoms with Crippen LogP contribution in [-0.2, 0) is 9.47 Å². The summed E-state index contributed by atoms with van der Waals surface area (Å²) in [6, 6.07) is 0. The summed E-state index contributed by atoms with van der Waals surface area (Å²) in [7, 11) is 0. The van der Waals surface area contributed by atoms with Gasteiger partial charge in [-0.15, -0.1) is 0 Å². The molecule has 1 heterocycles. The number of carbonyl (C=O) groups excluding carboxylic acids is 2. The fraction of sp³-hybridized carbons (Fsp3) is 0.579. The summed E-state index contributed by atoms with van der Waals surface area (Å²) in [5, 5.41) is 4.08. The number of nitrogens with one attached hydrogen (secondary N) is 1. The number of ether oxygens (including phenoxy) is 2. The van der Waals surface area contributed by atoms with Crippen LogP contribution in [0.25, 0.3) is 0 Å². The van der Waals surface area contributed by atoms with Gasteiger partial charge in [-0.3, -0.25) is 5.43 Å². The van der Waals surface area contributed by atoms with Crippen LogP contribution in [-0.4, -0.2) is 38.7 Å². The van der Waals surface area contributed by atoms with Crippen LogP contribution >= 0.6 is 15.9 Å². The van der Waals surface area contributed by atoms with Crippen molar-refractivity contribution in [3.05, 3.63) is 23.5 Å². The number of amides is 2. The highest BCUT2D eigenvalue weighted by Gasteiger charge is 2.36. The summed E-state index contributed by atoms with van der Waals surface area (Å²) < 4.78 is 11.2. The van der Waals surface area contributed by atoms with Crippen molar-refractivity contribution in [2.24, 2.45) is 10.1 Å². The molecule has 0 aliphatic carbocycles. The first kappa shape index (κ1) is 23.9. The predicted molar refractivity (Wildman–Crippen MR) is 113 cm³/mol. The van der Waals surface area contributed by atoms with E-state index in [2.05, 4.69) is 31.4 Å². The predicted octanol–water partition coefficient (Wildman–Crippen LogP) is 5.07. The molecule has 0 spiro atoms. The zero-order valence-corrected chi connectivity index (χ0v) is 19.3. The topological polar surface area (TPSA) is 92.6 Å². The molecule has 0 saturated heterocycles. The molecule has 0 fully saturated rings. The van der Waals surface area contributed by atoms with Crippen molar-refractivity contribution in [2.75, 3.05) is 0 Å². The van der Waals surface area contributed by atoms with Gasteiger partial charge in [0.1, 0.15) is 15.8 Å². The minimum atomic E-state index is -0.845. The normalized spacial score (nSPS) is 18.0. The number of hydrogen-bond donors (Lipinski definition) is 1. The molecule has 0 aromatic carbocycles. The van der Waals surface area contributed by atoms with Crippen LogP contribution in [0.1, 0.15) is 61.8 Å². The summed E-state index contributed by atoms with van der Waals surface area (Å²) in [4.78, 5) is 30.8. The van der Waals surface area contributed by atoms with Crippen LogP contribution < -0.4 is 5.43 Å². The maximum atomic E-state index is 12.8. The van der Waals surface area contributed by atoms with Gasteiger partial charge in [-0.1, -0.05) is 13.0 Å². The Morgan fingerprint density at radius 1 is 1.14 bits per heavy atom. The van der Waals surface area contributed by atoms with E-state index in [1.807, 2.05) is 13.0 Å². The number of hydrazone groups is 1. The van der Waals surface area contributed by atoms with Crippen LogP contribution in [0.2, 0.25) is 0 Å². The monoisotopic (exact) mass is 456 g/mol. The Morgan fingerprint density at radius 3 is 2.07 bits per heavy atom. The van der Waals surface area contributed by atoms with Gasteiger partial charge in [0, 0.05) is 11.9 Å². The van der Waals surface area contributed by atoms with Gasteiger partial charge < -0.3 is 9.47 Å². The van der Waals surface area contributed by atoms with E-state index in [1.165, 1.54) is 0 Å². The fourth-order valence-electron chi connectivity index (χ4n) is 2.03. The van der Waals surface area contributed by atoms with E-state index in [4.69, 9.17) is 9.47 Å². The van der Waals surface area contributed by atoms with Gasteiger partial charge in [0.25, 0.3) is 0 Å². The minimum absolute atomic E-state index is 0.271. The highest BCUT2D eigenvalue weighted by Crippen LogP contribution is 2.24. The second kappa shape index (κ2) is 9.36. The van der Waals surface area contributed by atoms with E-state index in [1.54, 1.807) is 54.7 Å². The first-order chi connectivity index (χ1) is 12.8. The average Bonchev–Trinajstić information content (AvgIpc) is 2.84. The van der Waals surface area contributed by atoms with Gasteiger partial charge in [0.05, 0.1) is 5.57 Å². The van der Waals surface area contributed by atoms with Gasteiger partial charge in [-0.05, 0) is 70.8 Å². The third kappa shape index (κ3) is 7.10. The Hall–Kier alpha value is -2.16. The van der Waals surface area contributed by atoms with E-state index in [0.29, 0.717) is 16.0 Å². The first-order valence-electron chi connectivity index (χ1n) is 8.96. The van der Waals surface area contributed by atoms with Crippen molar-refractivity contribution in [1.29, 1.82) is 0 Å². The lowest BCUT2D eigenvalue weighted by Crippen LogP contribution is -2.43. The Labute approximate surface area is 174 Å². The quantitative estimate of drug-likeness (QED) is 0.639. The number of amidine groups is 1. The molecule has 0 atom stereocenters. The van der Waals surface area contributed by atoms with Gasteiger partial charge in [-0.25, -0.2) is 14.6 Å². The number of halogens is 1. The van der Waals surface area contributed by atoms with Crippen LogP contribution in [0.5, 0.6) is 0 Å². The molecule has 1 aliphatic heterocycles. The summed E-state index contributed by atoms with van der Waals surface area (Å²) in [5.74, 6) is 0.395. The third-order valence-corrected chi connectivity index (χ3v) is 3.67. The number of carbonyl (C=O) groups is 2. The molecular weight excluding hydrogens is 428 g/mol. The van der Waals surface area contributed by atoms with E-state index < -0.39 is 23.4 Å². The number of allylic oxidation sites excluding steroid dienone is 2. The standard InChI is InChI=1S/C19H29BrN4O4/c1-9-10-11-21-15-13(14(20)22-23-15)12(2)24(16(25)27-18(3,4)5)17(26)28-19(6,7)8/h10-11H,9H2,1-8H3,(H,21,23)/b11-10+,13-12+. The SMILES string of the molecule is CC/C=C/N=C1/NN=C(Br)/C1=C(/C)N(C(=O)OC(C)(C)C)C(=O)OC(C)(C)C. The Balaban J connectivity index is 3.44. The fourth-order valence-corrected chi connectivity index (χ4v) is 2.60. The maximum Gasteiger partial charge on any atom is 0.424 e.